The minimum Gasteiger partial charge on any atom is -0.496 e. The van der Waals surface area contributed by atoms with Gasteiger partial charge in [0.25, 0.3) is 0 Å². The highest BCUT2D eigenvalue weighted by Gasteiger charge is 2.08. The van der Waals surface area contributed by atoms with Crippen molar-refractivity contribution in [2.45, 2.75) is 13.0 Å². The van der Waals surface area contributed by atoms with Crippen LogP contribution < -0.4 is 10.5 Å². The van der Waals surface area contributed by atoms with Crippen LogP contribution in [-0.2, 0) is 17.8 Å². The summed E-state index contributed by atoms with van der Waals surface area (Å²) in [7, 11) is 1.56. The molecule has 0 aliphatic carbocycles. The largest absolute Gasteiger partial charge is 0.496 e. The van der Waals surface area contributed by atoms with Gasteiger partial charge in [-0.25, -0.2) is 18.7 Å². The van der Waals surface area contributed by atoms with Gasteiger partial charge in [-0.1, -0.05) is 12.6 Å². The number of benzene rings is 1. The average molecular weight is 409 g/mol. The van der Waals surface area contributed by atoms with E-state index < -0.39 is 11.6 Å². The molecule has 0 amide bonds. The van der Waals surface area contributed by atoms with Crippen LogP contribution in [0.4, 0.5) is 14.6 Å². The monoisotopic (exact) mass is 409 g/mol. The lowest BCUT2D eigenvalue weighted by Crippen LogP contribution is -2.01. The minimum absolute atomic E-state index is 0.0440. The fourth-order valence-corrected chi connectivity index (χ4v) is 2.76. The summed E-state index contributed by atoms with van der Waals surface area (Å²) in [4.78, 5) is 8.28. The molecule has 0 saturated carbocycles. The average Bonchev–Trinajstić information content (AvgIpc) is 2.73. The van der Waals surface area contributed by atoms with Crippen molar-refractivity contribution in [1.82, 2.24) is 9.97 Å². The number of rotatable bonds is 8. The Morgan fingerprint density at radius 2 is 2.00 bits per heavy atom. The summed E-state index contributed by atoms with van der Waals surface area (Å²) in [5.41, 5.74) is 8.54. The van der Waals surface area contributed by atoms with Crippen LogP contribution in [0, 0.1) is 11.6 Å². The van der Waals surface area contributed by atoms with Crippen LogP contribution in [0.2, 0.25) is 0 Å². The summed E-state index contributed by atoms with van der Waals surface area (Å²) >= 11 is 0. The zero-order chi connectivity index (χ0) is 21.5. The lowest BCUT2D eigenvalue weighted by Gasteiger charge is -2.10. The molecule has 154 valence electrons. The number of anilines is 1. The lowest BCUT2D eigenvalue weighted by molar-refractivity contribution is 0.287. The maximum absolute atomic E-state index is 13.7. The molecule has 0 radical (unpaired) electrons. The van der Waals surface area contributed by atoms with Crippen molar-refractivity contribution in [3.8, 4) is 5.88 Å². The quantitative estimate of drug-likeness (QED) is 0.431. The molecule has 0 aliphatic rings. The van der Waals surface area contributed by atoms with E-state index in [9.17, 15) is 8.78 Å². The number of aromatic nitrogens is 2. The molecular weight excluding hydrogens is 388 g/mol. The van der Waals surface area contributed by atoms with E-state index in [1.54, 1.807) is 37.7 Å². The first-order valence-electron chi connectivity index (χ1n) is 9.12. The highest BCUT2D eigenvalue weighted by Crippen LogP contribution is 2.22. The van der Waals surface area contributed by atoms with E-state index in [2.05, 4.69) is 16.5 Å². The first-order chi connectivity index (χ1) is 14.5. The van der Waals surface area contributed by atoms with Crippen molar-refractivity contribution in [3.63, 3.8) is 0 Å². The first-order valence-corrected chi connectivity index (χ1v) is 9.12. The van der Waals surface area contributed by atoms with Crippen molar-refractivity contribution in [3.05, 3.63) is 101 Å². The fraction of sp³-hybridized carbons (Fsp3) is 0.130. The maximum Gasteiger partial charge on any atom is 0.213 e. The Morgan fingerprint density at radius 3 is 2.67 bits per heavy atom. The van der Waals surface area contributed by atoms with Gasteiger partial charge in [0, 0.05) is 30.1 Å². The van der Waals surface area contributed by atoms with E-state index in [4.69, 9.17) is 15.2 Å². The lowest BCUT2D eigenvalue weighted by atomic mass is 10.1. The molecule has 0 atom stereocenters. The van der Waals surface area contributed by atoms with Crippen LogP contribution in [0.3, 0.4) is 0 Å². The highest BCUT2D eigenvalue weighted by molar-refractivity contribution is 5.70. The standard InChI is InChI=1S/C23H21F2N3O2/c1-15(11-21(29-2)19-4-3-9-27-23(19)26)10-16-5-8-22(28-13-16)30-14-17-6-7-18(24)12-20(17)25/h3-9,11-13H,1,10,14H2,2H3,(H2,26,27)/b21-11-. The Labute approximate surface area is 173 Å². The second kappa shape index (κ2) is 9.65. The van der Waals surface area contributed by atoms with Crippen molar-refractivity contribution >= 4 is 11.6 Å². The number of nitrogen functional groups attached to an aromatic ring is 1. The maximum atomic E-state index is 13.7. The second-order valence-corrected chi connectivity index (χ2v) is 6.51. The van der Waals surface area contributed by atoms with Crippen LogP contribution in [-0.4, -0.2) is 17.1 Å². The Balaban J connectivity index is 1.62. The number of pyridine rings is 2. The number of methoxy groups -OCH3 is 1. The van der Waals surface area contributed by atoms with Crippen LogP contribution in [0.25, 0.3) is 5.76 Å². The molecule has 1 aromatic carbocycles. The third kappa shape index (κ3) is 5.41. The number of hydrogen-bond donors (Lipinski definition) is 1. The molecule has 2 N–H and O–H groups in total. The zero-order valence-electron chi connectivity index (χ0n) is 16.4. The Bertz CT molecular complexity index is 1070. The van der Waals surface area contributed by atoms with Gasteiger partial charge in [0.1, 0.15) is 29.8 Å². The topological polar surface area (TPSA) is 70.3 Å². The van der Waals surface area contributed by atoms with Gasteiger partial charge in [-0.15, -0.1) is 0 Å². The van der Waals surface area contributed by atoms with E-state index in [0.29, 0.717) is 29.4 Å². The van der Waals surface area contributed by atoms with Crippen molar-refractivity contribution < 1.29 is 18.3 Å². The molecule has 3 aromatic rings. The number of nitrogens with zero attached hydrogens (tertiary/aromatic N) is 2. The predicted octanol–water partition coefficient (Wildman–Crippen LogP) is 4.70. The molecule has 30 heavy (non-hydrogen) atoms. The Hall–Kier alpha value is -3.74. The van der Waals surface area contributed by atoms with Gasteiger partial charge >= 0.3 is 0 Å². The minimum atomic E-state index is -0.655. The van der Waals surface area contributed by atoms with Gasteiger partial charge in [0.15, 0.2) is 0 Å². The van der Waals surface area contributed by atoms with Gasteiger partial charge in [-0.2, -0.15) is 0 Å². The van der Waals surface area contributed by atoms with Crippen molar-refractivity contribution in [2.24, 2.45) is 0 Å². The molecule has 3 rings (SSSR count). The molecule has 7 heteroatoms. The Kier molecular flexibility index (Phi) is 6.75. The van der Waals surface area contributed by atoms with Gasteiger partial charge in [-0.3, -0.25) is 0 Å². The van der Waals surface area contributed by atoms with E-state index >= 15 is 0 Å². The number of hydrogen-bond acceptors (Lipinski definition) is 5. The Morgan fingerprint density at radius 1 is 1.17 bits per heavy atom. The smallest absolute Gasteiger partial charge is 0.213 e. The number of ether oxygens (including phenoxy) is 2. The third-order valence-corrected chi connectivity index (χ3v) is 4.28. The van der Waals surface area contributed by atoms with Crippen LogP contribution in [0.5, 0.6) is 5.88 Å². The summed E-state index contributed by atoms with van der Waals surface area (Å²) in [6.07, 6.45) is 5.60. The molecule has 0 bridgehead atoms. The van der Waals surface area contributed by atoms with Crippen LogP contribution in [0.15, 0.2) is 73.1 Å². The number of nitrogens with two attached hydrogens (primary N) is 1. The van der Waals surface area contributed by atoms with Crippen molar-refractivity contribution in [2.75, 3.05) is 12.8 Å². The third-order valence-electron chi connectivity index (χ3n) is 4.28. The van der Waals surface area contributed by atoms with Crippen LogP contribution >= 0.6 is 0 Å². The molecule has 2 aromatic heterocycles. The molecule has 0 saturated heterocycles. The van der Waals surface area contributed by atoms with Crippen LogP contribution in [0.1, 0.15) is 16.7 Å². The van der Waals surface area contributed by atoms with E-state index in [1.165, 1.54) is 12.1 Å². The summed E-state index contributed by atoms with van der Waals surface area (Å²) in [6.45, 7) is 4.02. The summed E-state index contributed by atoms with van der Waals surface area (Å²) in [6, 6.07) is 10.5. The molecule has 0 unspecified atom stereocenters. The summed E-state index contributed by atoms with van der Waals surface area (Å²) < 4.78 is 37.5. The van der Waals surface area contributed by atoms with E-state index in [0.717, 1.165) is 17.2 Å². The van der Waals surface area contributed by atoms with Gasteiger partial charge < -0.3 is 15.2 Å². The molecule has 0 aliphatic heterocycles. The normalized spacial score (nSPS) is 11.2. The molecular formula is C23H21F2N3O2. The predicted molar refractivity (Wildman–Crippen MR) is 111 cm³/mol. The highest BCUT2D eigenvalue weighted by atomic mass is 19.1. The molecule has 0 fully saturated rings. The van der Waals surface area contributed by atoms with E-state index in [1.807, 2.05) is 12.1 Å². The number of allylic oxidation sites excluding steroid dienone is 2. The SMILES string of the molecule is C=C(/C=C(\OC)c1cccnc1N)Cc1ccc(OCc2ccc(F)cc2F)nc1. The summed E-state index contributed by atoms with van der Waals surface area (Å²) in [5, 5.41) is 0. The number of halogens is 2. The second-order valence-electron chi connectivity index (χ2n) is 6.51. The van der Waals surface area contributed by atoms with Gasteiger partial charge in [-0.05, 0) is 47.9 Å². The van der Waals surface area contributed by atoms with E-state index in [-0.39, 0.29) is 12.2 Å². The van der Waals surface area contributed by atoms with Gasteiger partial charge in [0.05, 0.1) is 12.7 Å². The summed E-state index contributed by atoms with van der Waals surface area (Å²) in [5.74, 6) is -0.00269. The zero-order valence-corrected chi connectivity index (χ0v) is 16.4. The van der Waals surface area contributed by atoms with Gasteiger partial charge in [0.2, 0.25) is 5.88 Å². The molecule has 2 heterocycles. The fourth-order valence-electron chi connectivity index (χ4n) is 2.76. The first kappa shape index (κ1) is 21.0. The molecule has 5 nitrogen and oxygen atoms in total. The molecule has 0 spiro atoms. The van der Waals surface area contributed by atoms with Crippen molar-refractivity contribution in [1.29, 1.82) is 0 Å².